The number of fused-ring (bicyclic) bond motifs is 1. The molecular weight excluding hydrogens is 308 g/mol. The minimum absolute atomic E-state index is 0.153. The zero-order valence-corrected chi connectivity index (χ0v) is 14.0. The molecule has 6 heteroatoms. The average Bonchev–Trinajstić information content (AvgIpc) is 3.26. The summed E-state index contributed by atoms with van der Waals surface area (Å²) in [5.74, 6) is 1.12. The van der Waals surface area contributed by atoms with Crippen molar-refractivity contribution >= 4 is 23.1 Å². The van der Waals surface area contributed by atoms with E-state index in [1.165, 1.54) is 16.1 Å². The highest BCUT2D eigenvalue weighted by Crippen LogP contribution is 2.27. The number of likely N-dealkylation sites (tertiary alicyclic amines) is 1. The van der Waals surface area contributed by atoms with E-state index in [9.17, 15) is 4.79 Å². The molecule has 0 aromatic carbocycles. The minimum Gasteiger partial charge on any atom is -0.365 e. The topological polar surface area (TPSA) is 58.1 Å². The lowest BCUT2D eigenvalue weighted by atomic mass is 10.2. The lowest BCUT2D eigenvalue weighted by molar-refractivity contribution is 0.0796. The Morgan fingerprint density at radius 2 is 2.26 bits per heavy atom. The first-order valence-corrected chi connectivity index (χ1v) is 8.97. The summed E-state index contributed by atoms with van der Waals surface area (Å²) in [4.78, 5) is 25.3. The maximum Gasteiger partial charge on any atom is 0.263 e. The van der Waals surface area contributed by atoms with Crippen LogP contribution >= 0.6 is 11.3 Å². The molecule has 1 fully saturated rings. The minimum atomic E-state index is 0.153. The molecule has 0 saturated carbocycles. The number of aryl methyl sites for hydroxylation is 2. The summed E-state index contributed by atoms with van der Waals surface area (Å²) in [6.07, 6.45) is 5.89. The summed E-state index contributed by atoms with van der Waals surface area (Å²) in [5.41, 5.74) is 2.45. The number of hydrogen-bond donors (Lipinski definition) is 1. The number of anilines is 1. The van der Waals surface area contributed by atoms with Gasteiger partial charge in [-0.15, -0.1) is 11.3 Å². The van der Waals surface area contributed by atoms with E-state index in [1.54, 1.807) is 17.7 Å². The zero-order chi connectivity index (χ0) is 15.8. The van der Waals surface area contributed by atoms with Crippen molar-refractivity contribution in [3.05, 3.63) is 39.5 Å². The Hall–Kier alpha value is -1.95. The van der Waals surface area contributed by atoms with Crippen LogP contribution in [0, 0.1) is 6.92 Å². The van der Waals surface area contributed by atoms with Crippen LogP contribution in [-0.2, 0) is 12.8 Å². The van der Waals surface area contributed by atoms with E-state index in [2.05, 4.69) is 15.3 Å². The first kappa shape index (κ1) is 14.6. The molecule has 0 bridgehead atoms. The summed E-state index contributed by atoms with van der Waals surface area (Å²) < 4.78 is 0. The fourth-order valence-corrected chi connectivity index (χ4v) is 4.28. The second-order valence-electron chi connectivity index (χ2n) is 6.29. The van der Waals surface area contributed by atoms with Gasteiger partial charge in [0.05, 0.1) is 4.88 Å². The van der Waals surface area contributed by atoms with Gasteiger partial charge >= 0.3 is 0 Å². The van der Waals surface area contributed by atoms with Crippen LogP contribution in [0.5, 0.6) is 0 Å². The number of aromatic nitrogens is 2. The Labute approximate surface area is 139 Å². The Kier molecular flexibility index (Phi) is 3.77. The standard InChI is InChI=1S/C17H20N4OS/c1-11-5-6-15(23-11)17(22)21-8-7-12(9-21)20-16-13-3-2-4-14(13)18-10-19-16/h5-6,10,12H,2-4,7-9H2,1H3,(H,18,19,20)/t12-/m0/s1. The number of carbonyl (C=O) groups is 1. The van der Waals surface area contributed by atoms with Gasteiger partial charge in [0.15, 0.2) is 0 Å². The largest absolute Gasteiger partial charge is 0.365 e. The van der Waals surface area contributed by atoms with Crippen LogP contribution in [0.2, 0.25) is 0 Å². The Morgan fingerprint density at radius 1 is 1.35 bits per heavy atom. The first-order valence-electron chi connectivity index (χ1n) is 8.16. The van der Waals surface area contributed by atoms with Gasteiger partial charge in [-0.1, -0.05) is 0 Å². The average molecular weight is 328 g/mol. The molecular formula is C17H20N4OS. The summed E-state index contributed by atoms with van der Waals surface area (Å²) in [6, 6.07) is 4.22. The predicted octanol–water partition coefficient (Wildman–Crippen LogP) is 2.66. The molecule has 23 heavy (non-hydrogen) atoms. The fourth-order valence-electron chi connectivity index (χ4n) is 3.45. The molecule has 3 heterocycles. The third-order valence-electron chi connectivity index (χ3n) is 4.64. The zero-order valence-electron chi connectivity index (χ0n) is 13.2. The highest BCUT2D eigenvalue weighted by molar-refractivity contribution is 7.13. The number of rotatable bonds is 3. The van der Waals surface area contributed by atoms with Crippen molar-refractivity contribution in [2.75, 3.05) is 18.4 Å². The lowest BCUT2D eigenvalue weighted by Crippen LogP contribution is -2.31. The van der Waals surface area contributed by atoms with Crippen molar-refractivity contribution in [1.29, 1.82) is 0 Å². The molecule has 1 saturated heterocycles. The van der Waals surface area contributed by atoms with Gasteiger partial charge < -0.3 is 10.2 Å². The summed E-state index contributed by atoms with van der Waals surface area (Å²) >= 11 is 1.57. The van der Waals surface area contributed by atoms with E-state index in [0.29, 0.717) is 0 Å². The van der Waals surface area contributed by atoms with Crippen molar-refractivity contribution in [2.45, 2.75) is 38.6 Å². The number of carbonyl (C=O) groups excluding carboxylic acids is 1. The molecule has 120 valence electrons. The molecule has 5 nitrogen and oxygen atoms in total. The molecule has 4 rings (SSSR count). The Bertz CT molecular complexity index is 742. The molecule has 2 aromatic rings. The molecule has 1 atom stereocenters. The van der Waals surface area contributed by atoms with E-state index in [1.807, 2.05) is 24.0 Å². The molecule has 0 unspecified atom stereocenters. The third-order valence-corrected chi connectivity index (χ3v) is 5.63. The lowest BCUT2D eigenvalue weighted by Gasteiger charge is -2.17. The normalized spacial score (nSPS) is 19.9. The number of nitrogens with one attached hydrogen (secondary N) is 1. The number of nitrogens with zero attached hydrogens (tertiary/aromatic N) is 3. The molecule has 1 aliphatic heterocycles. The Morgan fingerprint density at radius 3 is 3.09 bits per heavy atom. The van der Waals surface area contributed by atoms with E-state index in [0.717, 1.165) is 49.5 Å². The molecule has 2 aliphatic rings. The highest BCUT2D eigenvalue weighted by Gasteiger charge is 2.29. The molecule has 0 spiro atoms. The maximum absolute atomic E-state index is 12.5. The monoisotopic (exact) mass is 328 g/mol. The SMILES string of the molecule is Cc1ccc(C(=O)N2CC[C@H](Nc3ncnc4c3CCC4)C2)s1. The predicted molar refractivity (Wildman–Crippen MR) is 91.0 cm³/mol. The maximum atomic E-state index is 12.5. The van der Waals surface area contributed by atoms with Crippen LogP contribution in [0.4, 0.5) is 5.82 Å². The molecule has 1 amide bonds. The Balaban J connectivity index is 1.43. The van der Waals surface area contributed by atoms with Gasteiger partial charge in [0.25, 0.3) is 5.91 Å². The summed E-state index contributed by atoms with van der Waals surface area (Å²) in [7, 11) is 0. The number of thiophene rings is 1. The van der Waals surface area contributed by atoms with Gasteiger partial charge in [-0.2, -0.15) is 0 Å². The number of hydrogen-bond acceptors (Lipinski definition) is 5. The van der Waals surface area contributed by atoms with Crippen LogP contribution in [0.15, 0.2) is 18.5 Å². The van der Waals surface area contributed by atoms with Gasteiger partial charge in [-0.25, -0.2) is 9.97 Å². The van der Waals surface area contributed by atoms with Crippen LogP contribution in [0.25, 0.3) is 0 Å². The van der Waals surface area contributed by atoms with E-state index in [-0.39, 0.29) is 11.9 Å². The highest BCUT2D eigenvalue weighted by atomic mass is 32.1. The van der Waals surface area contributed by atoms with Gasteiger partial charge in [0, 0.05) is 35.3 Å². The molecule has 2 aromatic heterocycles. The second-order valence-corrected chi connectivity index (χ2v) is 7.58. The van der Waals surface area contributed by atoms with Gasteiger partial charge in [-0.3, -0.25) is 4.79 Å². The molecule has 1 N–H and O–H groups in total. The van der Waals surface area contributed by atoms with Gasteiger partial charge in [0.1, 0.15) is 12.1 Å². The first-order chi connectivity index (χ1) is 11.2. The van der Waals surface area contributed by atoms with Crippen molar-refractivity contribution < 1.29 is 4.79 Å². The van der Waals surface area contributed by atoms with Crippen LogP contribution < -0.4 is 5.32 Å². The van der Waals surface area contributed by atoms with Crippen molar-refractivity contribution in [2.24, 2.45) is 0 Å². The van der Waals surface area contributed by atoms with E-state index < -0.39 is 0 Å². The van der Waals surface area contributed by atoms with Gasteiger partial charge in [-0.05, 0) is 44.7 Å². The smallest absolute Gasteiger partial charge is 0.263 e. The summed E-state index contributed by atoms with van der Waals surface area (Å²) in [5, 5.41) is 3.54. The second kappa shape index (κ2) is 5.92. The van der Waals surface area contributed by atoms with Crippen molar-refractivity contribution in [3.63, 3.8) is 0 Å². The van der Waals surface area contributed by atoms with Crippen LogP contribution in [0.3, 0.4) is 0 Å². The van der Waals surface area contributed by atoms with E-state index in [4.69, 9.17) is 0 Å². The summed E-state index contributed by atoms with van der Waals surface area (Å²) in [6.45, 7) is 3.58. The quantitative estimate of drug-likeness (QED) is 0.941. The van der Waals surface area contributed by atoms with Crippen molar-refractivity contribution in [1.82, 2.24) is 14.9 Å². The van der Waals surface area contributed by atoms with E-state index >= 15 is 0 Å². The molecule has 0 radical (unpaired) electrons. The van der Waals surface area contributed by atoms with Crippen molar-refractivity contribution in [3.8, 4) is 0 Å². The fraction of sp³-hybridized carbons (Fsp3) is 0.471. The van der Waals surface area contributed by atoms with Gasteiger partial charge in [0.2, 0.25) is 0 Å². The molecule has 1 aliphatic carbocycles. The number of amides is 1. The van der Waals surface area contributed by atoms with Crippen LogP contribution in [-0.4, -0.2) is 39.9 Å². The van der Waals surface area contributed by atoms with Crippen LogP contribution in [0.1, 0.15) is 38.6 Å². The third kappa shape index (κ3) is 2.83.